The quantitative estimate of drug-likeness (QED) is 0.548. The molecule has 0 radical (unpaired) electrons. The summed E-state index contributed by atoms with van der Waals surface area (Å²) in [7, 11) is 0. The molecule has 2 aliphatic heterocycles. The van der Waals surface area contributed by atoms with Crippen molar-refractivity contribution in [1.82, 2.24) is 5.32 Å². The Morgan fingerprint density at radius 1 is 1.45 bits per heavy atom. The van der Waals surface area contributed by atoms with E-state index < -0.39 is 0 Å². The average Bonchev–Trinajstić information content (AvgIpc) is 2.06. The lowest BCUT2D eigenvalue weighted by molar-refractivity contribution is 0.696. The first-order valence-electron chi connectivity index (χ1n) is 3.71. The number of nitrogens with zero attached hydrogens (tertiary/aromatic N) is 1. The van der Waals surface area contributed by atoms with E-state index >= 15 is 0 Å². The molecule has 1 N–H and O–H groups in total. The summed E-state index contributed by atoms with van der Waals surface area (Å²) in [5.41, 5.74) is 2.57. The van der Waals surface area contributed by atoms with E-state index in [9.17, 15) is 0 Å². The highest BCUT2D eigenvalue weighted by molar-refractivity contribution is 5.75. The van der Waals surface area contributed by atoms with Crippen molar-refractivity contribution in [3.63, 3.8) is 0 Å². The summed E-state index contributed by atoms with van der Waals surface area (Å²) in [5, 5.41) is 3.16. The van der Waals surface area contributed by atoms with Crippen molar-refractivity contribution >= 4 is 6.21 Å². The molecule has 0 aliphatic carbocycles. The molecule has 0 saturated heterocycles. The molecule has 2 nitrogen and oxygen atoms in total. The maximum Gasteiger partial charge on any atom is 0.144 e. The highest BCUT2D eigenvalue weighted by Gasteiger charge is 2.14. The lowest BCUT2D eigenvalue weighted by Gasteiger charge is -2.21. The van der Waals surface area contributed by atoms with Crippen LogP contribution in [0.15, 0.2) is 40.6 Å². The lowest BCUT2D eigenvalue weighted by Crippen LogP contribution is -2.28. The van der Waals surface area contributed by atoms with Crippen molar-refractivity contribution < 1.29 is 0 Å². The van der Waals surface area contributed by atoms with E-state index in [0.717, 1.165) is 0 Å². The fourth-order valence-corrected chi connectivity index (χ4v) is 1.29. The predicted molar refractivity (Wildman–Crippen MR) is 46.4 cm³/mol. The Kier molecular flexibility index (Phi) is 1.39. The molecule has 56 valence electrons. The van der Waals surface area contributed by atoms with Gasteiger partial charge in [0.2, 0.25) is 0 Å². The van der Waals surface area contributed by atoms with E-state index in [1.807, 2.05) is 18.5 Å². The number of aliphatic imine (C=N–C) groups is 1. The summed E-state index contributed by atoms with van der Waals surface area (Å²) in [6.45, 7) is 2.10. The van der Waals surface area contributed by atoms with Crippen molar-refractivity contribution in [2.24, 2.45) is 4.99 Å². The van der Waals surface area contributed by atoms with Gasteiger partial charge in [-0.25, -0.2) is 0 Å². The zero-order chi connectivity index (χ0) is 7.68. The largest absolute Gasteiger partial charge is 0.366 e. The van der Waals surface area contributed by atoms with Gasteiger partial charge in [0.1, 0.15) is 6.17 Å². The minimum atomic E-state index is 0.157. The third kappa shape index (κ3) is 1.00. The summed E-state index contributed by atoms with van der Waals surface area (Å²) in [5.74, 6) is 0. The van der Waals surface area contributed by atoms with Crippen LogP contribution in [0.2, 0.25) is 0 Å². The van der Waals surface area contributed by atoms with Crippen LogP contribution in [-0.4, -0.2) is 12.4 Å². The topological polar surface area (TPSA) is 24.4 Å². The molecule has 1 unspecified atom stereocenters. The van der Waals surface area contributed by atoms with Crippen LogP contribution >= 0.6 is 0 Å². The van der Waals surface area contributed by atoms with E-state index in [1.165, 1.54) is 11.1 Å². The number of hydrogen-bond donors (Lipinski definition) is 1. The van der Waals surface area contributed by atoms with Gasteiger partial charge in [0, 0.05) is 6.21 Å². The summed E-state index contributed by atoms with van der Waals surface area (Å²) in [6, 6.07) is 0. The third-order valence-electron chi connectivity index (χ3n) is 1.93. The minimum absolute atomic E-state index is 0.157. The van der Waals surface area contributed by atoms with Crippen LogP contribution in [0, 0.1) is 0 Å². The maximum absolute atomic E-state index is 4.27. The molecule has 0 saturated carbocycles. The lowest BCUT2D eigenvalue weighted by atomic mass is 10.0. The van der Waals surface area contributed by atoms with E-state index in [-0.39, 0.29) is 6.17 Å². The van der Waals surface area contributed by atoms with Crippen LogP contribution < -0.4 is 5.32 Å². The van der Waals surface area contributed by atoms with Crippen LogP contribution in [0.1, 0.15) is 6.92 Å². The molecule has 0 spiro atoms. The highest BCUT2D eigenvalue weighted by atomic mass is 15.1. The van der Waals surface area contributed by atoms with Gasteiger partial charge in [-0.1, -0.05) is 6.08 Å². The van der Waals surface area contributed by atoms with Crippen molar-refractivity contribution in [3.8, 4) is 0 Å². The summed E-state index contributed by atoms with van der Waals surface area (Å²) in [4.78, 5) is 4.27. The number of dihydropyridines is 2. The SMILES string of the molecule is CC1=C2C=CC=NC2NC=C1. The molecule has 0 aromatic carbocycles. The van der Waals surface area contributed by atoms with Crippen LogP contribution in [-0.2, 0) is 0 Å². The van der Waals surface area contributed by atoms with Gasteiger partial charge in [0.25, 0.3) is 0 Å². The van der Waals surface area contributed by atoms with E-state index in [1.54, 1.807) is 0 Å². The molecular formula is C9H10N2. The van der Waals surface area contributed by atoms with Gasteiger partial charge in [0.15, 0.2) is 0 Å². The van der Waals surface area contributed by atoms with Crippen LogP contribution in [0.5, 0.6) is 0 Å². The fraction of sp³-hybridized carbons (Fsp3) is 0.222. The number of allylic oxidation sites excluding steroid dienone is 3. The second-order valence-electron chi connectivity index (χ2n) is 2.70. The second kappa shape index (κ2) is 2.38. The normalized spacial score (nSPS) is 26.8. The molecule has 1 atom stereocenters. The zero-order valence-corrected chi connectivity index (χ0v) is 6.41. The monoisotopic (exact) mass is 146 g/mol. The van der Waals surface area contributed by atoms with E-state index in [2.05, 4.69) is 29.4 Å². The number of nitrogens with one attached hydrogen (secondary N) is 1. The standard InChI is InChI=1S/C9H10N2/c1-7-4-6-11-9-8(7)3-2-5-10-9/h2-6,9,11H,1H3. The average molecular weight is 146 g/mol. The van der Waals surface area contributed by atoms with Gasteiger partial charge in [-0.15, -0.1) is 0 Å². The minimum Gasteiger partial charge on any atom is -0.366 e. The number of rotatable bonds is 0. The van der Waals surface area contributed by atoms with Crippen molar-refractivity contribution in [1.29, 1.82) is 0 Å². The van der Waals surface area contributed by atoms with Gasteiger partial charge in [-0.3, -0.25) is 4.99 Å². The molecule has 2 heterocycles. The van der Waals surface area contributed by atoms with Gasteiger partial charge >= 0.3 is 0 Å². The van der Waals surface area contributed by atoms with Gasteiger partial charge in [0.05, 0.1) is 0 Å². The van der Waals surface area contributed by atoms with Crippen LogP contribution in [0.4, 0.5) is 0 Å². The molecule has 0 amide bonds. The first kappa shape index (κ1) is 6.40. The van der Waals surface area contributed by atoms with E-state index in [0.29, 0.717) is 0 Å². The van der Waals surface area contributed by atoms with E-state index in [4.69, 9.17) is 0 Å². The Balaban J connectivity index is 2.43. The summed E-state index contributed by atoms with van der Waals surface area (Å²) in [6.07, 6.45) is 10.1. The molecule has 0 aromatic rings. The van der Waals surface area contributed by atoms with Gasteiger partial charge in [-0.05, 0) is 36.4 Å². The number of fused-ring (bicyclic) bond motifs is 1. The Morgan fingerprint density at radius 2 is 2.36 bits per heavy atom. The predicted octanol–water partition coefficient (Wildman–Crippen LogP) is 1.39. The first-order chi connectivity index (χ1) is 5.38. The molecule has 2 rings (SSSR count). The fourth-order valence-electron chi connectivity index (χ4n) is 1.29. The maximum atomic E-state index is 4.27. The highest BCUT2D eigenvalue weighted by Crippen LogP contribution is 2.18. The van der Waals surface area contributed by atoms with Crippen LogP contribution in [0.3, 0.4) is 0 Å². The molecule has 11 heavy (non-hydrogen) atoms. The molecule has 2 aliphatic rings. The first-order valence-corrected chi connectivity index (χ1v) is 3.71. The summed E-state index contributed by atoms with van der Waals surface area (Å²) >= 11 is 0. The Bertz CT molecular complexity index is 282. The van der Waals surface area contributed by atoms with Gasteiger partial charge in [-0.2, -0.15) is 0 Å². The smallest absolute Gasteiger partial charge is 0.144 e. The summed E-state index contributed by atoms with van der Waals surface area (Å²) < 4.78 is 0. The molecular weight excluding hydrogens is 136 g/mol. The molecule has 2 heteroatoms. The Morgan fingerprint density at radius 3 is 3.18 bits per heavy atom. The van der Waals surface area contributed by atoms with Gasteiger partial charge < -0.3 is 5.32 Å². The Labute approximate surface area is 66.0 Å². The zero-order valence-electron chi connectivity index (χ0n) is 6.41. The Hall–Kier alpha value is -1.31. The van der Waals surface area contributed by atoms with Crippen LogP contribution in [0.25, 0.3) is 0 Å². The van der Waals surface area contributed by atoms with Crippen molar-refractivity contribution in [2.45, 2.75) is 13.1 Å². The second-order valence-corrected chi connectivity index (χ2v) is 2.70. The third-order valence-corrected chi connectivity index (χ3v) is 1.93. The molecule has 0 bridgehead atoms. The van der Waals surface area contributed by atoms with Crippen molar-refractivity contribution in [2.75, 3.05) is 0 Å². The molecule has 0 fully saturated rings. The molecule has 0 aromatic heterocycles. The van der Waals surface area contributed by atoms with Crippen molar-refractivity contribution in [3.05, 3.63) is 35.6 Å². The number of hydrogen-bond acceptors (Lipinski definition) is 2.